The van der Waals surface area contributed by atoms with Gasteiger partial charge in [0.05, 0.1) is 11.4 Å². The molecule has 0 unspecified atom stereocenters. The highest BCUT2D eigenvalue weighted by atomic mass is 28.3. The van der Waals surface area contributed by atoms with Crippen LogP contribution in [0.25, 0.3) is 33.4 Å². The highest BCUT2D eigenvalue weighted by molar-refractivity contribution is 7.01. The third kappa shape index (κ3) is 5.84. The van der Waals surface area contributed by atoms with E-state index in [9.17, 15) is 0 Å². The van der Waals surface area contributed by atoms with Crippen molar-refractivity contribution in [2.24, 2.45) is 0 Å². The van der Waals surface area contributed by atoms with Crippen molar-refractivity contribution in [1.82, 2.24) is 0 Å². The van der Waals surface area contributed by atoms with Crippen molar-refractivity contribution in [2.45, 2.75) is 52.4 Å². The second kappa shape index (κ2) is 13.5. The van der Waals surface area contributed by atoms with Gasteiger partial charge in [0.1, 0.15) is 11.5 Å². The summed E-state index contributed by atoms with van der Waals surface area (Å²) in [4.78, 5) is 5.09. The van der Waals surface area contributed by atoms with E-state index in [4.69, 9.17) is 4.74 Å². The second-order valence-corrected chi connectivity index (χ2v) is 21.2. The summed E-state index contributed by atoms with van der Waals surface area (Å²) in [5.41, 5.74) is 17.0. The molecule has 3 aliphatic rings. The van der Waals surface area contributed by atoms with Crippen LogP contribution in [0.1, 0.15) is 52.7 Å². The van der Waals surface area contributed by atoms with Crippen molar-refractivity contribution in [1.29, 1.82) is 0 Å². The fraction of sp³-hybridized carbons (Fsp3) is 0.143. The lowest BCUT2D eigenvalue weighted by Gasteiger charge is -2.47. The molecular weight excluding hydrogens is 745 g/mol. The third-order valence-electron chi connectivity index (χ3n) is 12.7. The first-order chi connectivity index (χ1) is 29.0. The molecule has 60 heavy (non-hydrogen) atoms. The molecule has 0 atom stereocenters. The molecule has 4 heteroatoms. The van der Waals surface area contributed by atoms with E-state index in [0.717, 1.165) is 34.0 Å². The maximum Gasteiger partial charge on any atom is 0.153 e. The van der Waals surface area contributed by atoms with Crippen LogP contribution in [0, 0.1) is 0 Å². The molecular formula is C56H48N2OSi. The average Bonchev–Trinajstić information content (AvgIpc) is 3.26. The van der Waals surface area contributed by atoms with E-state index in [0.29, 0.717) is 0 Å². The van der Waals surface area contributed by atoms with Gasteiger partial charge in [0.25, 0.3) is 0 Å². The van der Waals surface area contributed by atoms with Gasteiger partial charge in [-0.2, -0.15) is 0 Å². The van der Waals surface area contributed by atoms with Gasteiger partial charge in [-0.05, 0) is 121 Å². The lowest BCUT2D eigenvalue weighted by atomic mass is 9.87. The lowest BCUT2D eigenvalue weighted by molar-refractivity contribution is 0.488. The summed E-state index contributed by atoms with van der Waals surface area (Å²) in [6.07, 6.45) is 0. The Kier molecular flexibility index (Phi) is 8.17. The Hall–Kier alpha value is -6.62. The van der Waals surface area contributed by atoms with Crippen molar-refractivity contribution in [3.63, 3.8) is 0 Å². The van der Waals surface area contributed by atoms with Crippen molar-refractivity contribution in [3.05, 3.63) is 187 Å². The minimum absolute atomic E-state index is 0.0345. The lowest BCUT2D eigenvalue weighted by Crippen LogP contribution is -2.63. The Morgan fingerprint density at radius 1 is 0.350 bits per heavy atom. The van der Waals surface area contributed by atoms with E-state index in [1.807, 2.05) is 0 Å². The zero-order valence-corrected chi connectivity index (χ0v) is 36.3. The molecule has 8 aromatic rings. The molecule has 0 N–H and O–H groups in total. The van der Waals surface area contributed by atoms with E-state index >= 15 is 0 Å². The fourth-order valence-electron chi connectivity index (χ4n) is 9.61. The average molecular weight is 793 g/mol. The highest BCUT2D eigenvalue weighted by Crippen LogP contribution is 2.51. The monoisotopic (exact) mass is 792 g/mol. The van der Waals surface area contributed by atoms with Crippen LogP contribution in [0.4, 0.5) is 34.1 Å². The van der Waals surface area contributed by atoms with Gasteiger partial charge in [-0.1, -0.05) is 157 Å². The summed E-state index contributed by atoms with van der Waals surface area (Å²) in [5.74, 6) is 1.93. The summed E-state index contributed by atoms with van der Waals surface area (Å²) in [5, 5.41) is 4.12. The number of rotatable bonds is 5. The Bertz CT molecular complexity index is 2770. The number of ether oxygens (including phenoxy) is 1. The van der Waals surface area contributed by atoms with Gasteiger partial charge in [-0.3, -0.25) is 0 Å². The summed E-state index contributed by atoms with van der Waals surface area (Å²) in [7, 11) is -2.17. The molecule has 0 bridgehead atoms. The number of hydrogen-bond acceptors (Lipinski definition) is 3. The highest BCUT2D eigenvalue weighted by Gasteiger charge is 2.48. The maximum absolute atomic E-state index is 7.34. The van der Waals surface area contributed by atoms with Crippen LogP contribution in [0.15, 0.2) is 176 Å². The molecule has 0 radical (unpaired) electrons. The van der Waals surface area contributed by atoms with Gasteiger partial charge < -0.3 is 14.5 Å². The molecule has 0 spiro atoms. The zero-order chi connectivity index (χ0) is 40.9. The van der Waals surface area contributed by atoms with E-state index in [-0.39, 0.29) is 10.8 Å². The number of nitrogens with zero attached hydrogens (tertiary/aromatic N) is 2. The van der Waals surface area contributed by atoms with Gasteiger partial charge in [0.2, 0.25) is 0 Å². The van der Waals surface area contributed by atoms with Crippen LogP contribution in [-0.2, 0) is 10.8 Å². The van der Waals surface area contributed by atoms with Crippen LogP contribution < -0.4 is 30.1 Å². The summed E-state index contributed by atoms with van der Waals surface area (Å²) in [6.45, 7) is 13.7. The van der Waals surface area contributed by atoms with Crippen LogP contribution in [0.3, 0.4) is 0 Å². The SMILES string of the molecule is CC(C)(C)c1ccc(N2c3cc(-c4ccccc4)cc4c3[SiH]3c5c(cc(-c6ccccc6)cc5N(c5ccc(C(C)(C)C)cc5)c5cc(-c6ccccc6)cc2c53)O4)cc1. The number of benzene rings is 8. The quantitative estimate of drug-likeness (QED) is 0.161. The second-order valence-electron chi connectivity index (χ2n) is 18.6. The van der Waals surface area contributed by atoms with Gasteiger partial charge in [-0.25, -0.2) is 0 Å². The Balaban J connectivity index is 1.26. The van der Waals surface area contributed by atoms with Gasteiger partial charge in [0, 0.05) is 33.1 Å². The molecule has 292 valence electrons. The fourth-order valence-corrected chi connectivity index (χ4v) is 13.4. The summed E-state index contributed by atoms with van der Waals surface area (Å²) in [6, 6.07) is 65.4. The molecule has 3 heterocycles. The predicted octanol–water partition coefficient (Wildman–Crippen LogP) is 13.2. The Labute approximate surface area is 355 Å². The number of anilines is 6. The first-order valence-corrected chi connectivity index (χ1v) is 22.9. The molecule has 0 saturated carbocycles. The minimum Gasteiger partial charge on any atom is -0.457 e. The van der Waals surface area contributed by atoms with E-state index in [2.05, 4.69) is 227 Å². The third-order valence-corrected chi connectivity index (χ3v) is 16.2. The standard InChI is InChI=1S/C56H48N2OSi/c1-55(2,3)42-22-26-44(27-23-42)57-46-30-39(36-16-10-7-11-17-36)31-47-52(46)60-53-48(57)32-40(37-18-12-8-13-19-37)34-50(53)59-51-35-41(38-20-14-9-15-21-38)33-49(54(51)60)58(47)45-28-24-43(25-29-45)56(4,5)6/h7-35,60H,1-6H3. The predicted molar refractivity (Wildman–Crippen MR) is 256 cm³/mol. The molecule has 8 aromatic carbocycles. The molecule has 0 saturated heterocycles. The van der Waals surface area contributed by atoms with Crippen LogP contribution in [0.2, 0.25) is 0 Å². The van der Waals surface area contributed by atoms with E-state index in [1.165, 1.54) is 71.7 Å². The van der Waals surface area contributed by atoms with Crippen LogP contribution >= 0.6 is 0 Å². The molecule has 0 aromatic heterocycles. The first kappa shape index (κ1) is 36.5. The topological polar surface area (TPSA) is 15.7 Å². The molecule has 3 nitrogen and oxygen atoms in total. The van der Waals surface area contributed by atoms with Crippen molar-refractivity contribution >= 4 is 58.5 Å². The van der Waals surface area contributed by atoms with Crippen LogP contribution in [0.5, 0.6) is 11.5 Å². The maximum atomic E-state index is 7.34. The summed E-state index contributed by atoms with van der Waals surface area (Å²) >= 11 is 0. The van der Waals surface area contributed by atoms with Crippen molar-refractivity contribution in [3.8, 4) is 44.9 Å². The zero-order valence-electron chi connectivity index (χ0n) is 35.1. The van der Waals surface area contributed by atoms with Crippen LogP contribution in [-0.4, -0.2) is 8.80 Å². The van der Waals surface area contributed by atoms with Gasteiger partial charge in [0.15, 0.2) is 8.80 Å². The largest absolute Gasteiger partial charge is 0.457 e. The Morgan fingerprint density at radius 3 is 1.00 bits per heavy atom. The van der Waals surface area contributed by atoms with E-state index in [1.54, 1.807) is 0 Å². The summed E-state index contributed by atoms with van der Waals surface area (Å²) < 4.78 is 7.34. The molecule has 3 aliphatic heterocycles. The first-order valence-electron chi connectivity index (χ1n) is 21.2. The minimum atomic E-state index is -2.17. The smallest absolute Gasteiger partial charge is 0.153 e. The van der Waals surface area contributed by atoms with E-state index < -0.39 is 8.80 Å². The molecule has 0 aliphatic carbocycles. The van der Waals surface area contributed by atoms with Crippen molar-refractivity contribution in [2.75, 3.05) is 9.80 Å². The Morgan fingerprint density at radius 2 is 0.667 bits per heavy atom. The molecule has 11 rings (SSSR count). The normalized spacial score (nSPS) is 13.8. The van der Waals surface area contributed by atoms with Gasteiger partial charge in [-0.15, -0.1) is 0 Å². The van der Waals surface area contributed by atoms with Crippen molar-refractivity contribution < 1.29 is 4.74 Å². The molecule has 0 fully saturated rings. The van der Waals surface area contributed by atoms with Gasteiger partial charge >= 0.3 is 0 Å². The number of hydrogen-bond donors (Lipinski definition) is 0. The molecule has 0 amide bonds.